The van der Waals surface area contributed by atoms with Crippen LogP contribution in [0.3, 0.4) is 0 Å². The number of carbonyl (C=O) groups excluding carboxylic acids is 3. The Hall–Kier alpha value is -3.32. The van der Waals surface area contributed by atoms with Crippen LogP contribution in [-0.2, 0) is 9.59 Å². The van der Waals surface area contributed by atoms with Crippen molar-refractivity contribution in [3.05, 3.63) is 58.6 Å². The van der Waals surface area contributed by atoms with E-state index in [9.17, 15) is 14.4 Å². The Balaban J connectivity index is 1.92. The van der Waals surface area contributed by atoms with Crippen LogP contribution in [0.25, 0.3) is 6.08 Å². The highest BCUT2D eigenvalue weighted by Crippen LogP contribution is 2.29. The fourth-order valence-corrected chi connectivity index (χ4v) is 3.17. The van der Waals surface area contributed by atoms with Crippen molar-refractivity contribution in [2.24, 2.45) is 0 Å². The lowest BCUT2D eigenvalue weighted by molar-refractivity contribution is -0.122. The Morgan fingerprint density at radius 2 is 1.90 bits per heavy atom. The van der Waals surface area contributed by atoms with Gasteiger partial charge in [-0.15, -0.1) is 0 Å². The summed E-state index contributed by atoms with van der Waals surface area (Å²) in [6.45, 7) is 6.20. The van der Waals surface area contributed by atoms with Crippen LogP contribution >= 0.6 is 11.6 Å². The van der Waals surface area contributed by atoms with E-state index < -0.39 is 17.8 Å². The molecule has 0 aliphatic carbocycles. The molecule has 0 radical (unpaired) electrons. The molecular formula is C23H23ClN2O5. The first kappa shape index (κ1) is 22.4. The van der Waals surface area contributed by atoms with Crippen LogP contribution in [0.1, 0.15) is 32.8 Å². The van der Waals surface area contributed by atoms with Gasteiger partial charge in [0.05, 0.1) is 23.4 Å². The van der Waals surface area contributed by atoms with E-state index in [1.54, 1.807) is 42.5 Å². The number of barbiturate groups is 1. The van der Waals surface area contributed by atoms with Crippen LogP contribution < -0.4 is 19.7 Å². The molecule has 1 N–H and O–H groups in total. The number of hydrogen-bond donors (Lipinski definition) is 1. The number of carbonyl (C=O) groups is 3. The second-order valence-electron chi connectivity index (χ2n) is 6.91. The fraction of sp³-hybridized carbons (Fsp3) is 0.261. The van der Waals surface area contributed by atoms with E-state index in [0.717, 1.165) is 11.3 Å². The summed E-state index contributed by atoms with van der Waals surface area (Å²) in [5.41, 5.74) is 0.632. The van der Waals surface area contributed by atoms with Gasteiger partial charge in [-0.3, -0.25) is 14.9 Å². The Morgan fingerprint density at radius 1 is 1.13 bits per heavy atom. The molecule has 162 valence electrons. The summed E-state index contributed by atoms with van der Waals surface area (Å²) >= 11 is 6.30. The maximum Gasteiger partial charge on any atom is 0.335 e. The predicted molar refractivity (Wildman–Crippen MR) is 118 cm³/mol. The lowest BCUT2D eigenvalue weighted by Crippen LogP contribution is -2.54. The van der Waals surface area contributed by atoms with Crippen LogP contribution in [0.4, 0.5) is 10.5 Å². The molecular weight excluding hydrogens is 420 g/mol. The zero-order valence-electron chi connectivity index (χ0n) is 17.5. The molecule has 8 heteroatoms. The molecule has 0 saturated carbocycles. The molecule has 1 atom stereocenters. The number of amides is 4. The van der Waals surface area contributed by atoms with Crippen LogP contribution in [0, 0.1) is 0 Å². The summed E-state index contributed by atoms with van der Waals surface area (Å²) in [5.74, 6) is -0.490. The molecule has 1 saturated heterocycles. The lowest BCUT2D eigenvalue weighted by atomic mass is 10.1. The number of hydrogen-bond acceptors (Lipinski definition) is 5. The molecule has 4 amide bonds. The van der Waals surface area contributed by atoms with Gasteiger partial charge in [0.25, 0.3) is 11.8 Å². The molecule has 1 fully saturated rings. The van der Waals surface area contributed by atoms with Gasteiger partial charge in [-0.2, -0.15) is 0 Å². The number of urea groups is 1. The number of nitrogens with one attached hydrogen (secondary N) is 1. The highest BCUT2D eigenvalue weighted by molar-refractivity contribution is 6.39. The Bertz CT molecular complexity index is 1050. The van der Waals surface area contributed by atoms with Gasteiger partial charge in [0.15, 0.2) is 0 Å². The number of anilines is 1. The molecule has 0 spiro atoms. The highest BCUT2D eigenvalue weighted by Gasteiger charge is 2.37. The van der Waals surface area contributed by atoms with Crippen molar-refractivity contribution < 1.29 is 23.9 Å². The van der Waals surface area contributed by atoms with Crippen LogP contribution in [0.5, 0.6) is 11.5 Å². The van der Waals surface area contributed by atoms with Gasteiger partial charge in [0, 0.05) is 6.07 Å². The summed E-state index contributed by atoms with van der Waals surface area (Å²) in [6, 6.07) is 10.7. The van der Waals surface area contributed by atoms with Crippen molar-refractivity contribution in [1.82, 2.24) is 5.32 Å². The Labute approximate surface area is 185 Å². The molecule has 31 heavy (non-hydrogen) atoms. The first-order valence-corrected chi connectivity index (χ1v) is 10.3. The van der Waals surface area contributed by atoms with E-state index in [2.05, 4.69) is 5.32 Å². The van der Waals surface area contributed by atoms with Gasteiger partial charge >= 0.3 is 6.03 Å². The largest absolute Gasteiger partial charge is 0.494 e. The molecule has 2 aromatic carbocycles. The first-order chi connectivity index (χ1) is 14.8. The number of halogens is 1. The molecule has 1 heterocycles. The van der Waals surface area contributed by atoms with E-state index in [-0.39, 0.29) is 11.7 Å². The fourth-order valence-electron chi connectivity index (χ4n) is 2.94. The van der Waals surface area contributed by atoms with Gasteiger partial charge in [-0.05, 0) is 56.2 Å². The topological polar surface area (TPSA) is 84.9 Å². The average Bonchev–Trinajstić information content (AvgIpc) is 2.73. The normalized spacial score (nSPS) is 16.3. The van der Waals surface area contributed by atoms with Gasteiger partial charge in [0.2, 0.25) is 0 Å². The quantitative estimate of drug-likeness (QED) is 0.501. The molecule has 1 aliphatic rings. The van der Waals surface area contributed by atoms with Crippen molar-refractivity contribution >= 4 is 41.2 Å². The van der Waals surface area contributed by atoms with Crippen molar-refractivity contribution in [2.75, 3.05) is 11.5 Å². The minimum absolute atomic E-state index is 0.000531. The molecule has 0 bridgehead atoms. The summed E-state index contributed by atoms with van der Waals surface area (Å²) < 4.78 is 11.2. The van der Waals surface area contributed by atoms with Crippen LogP contribution in [0.2, 0.25) is 5.02 Å². The van der Waals surface area contributed by atoms with Crippen LogP contribution in [0.15, 0.2) is 48.0 Å². The smallest absolute Gasteiger partial charge is 0.335 e. The molecule has 7 nitrogen and oxygen atoms in total. The molecule has 2 aromatic rings. The van der Waals surface area contributed by atoms with Gasteiger partial charge in [-0.25, -0.2) is 9.69 Å². The van der Waals surface area contributed by atoms with Crippen molar-refractivity contribution in [1.29, 1.82) is 0 Å². The number of ether oxygens (including phenoxy) is 2. The second kappa shape index (κ2) is 9.66. The van der Waals surface area contributed by atoms with Gasteiger partial charge in [-0.1, -0.05) is 30.7 Å². The minimum Gasteiger partial charge on any atom is -0.494 e. The number of benzene rings is 2. The van der Waals surface area contributed by atoms with Crippen molar-refractivity contribution in [2.45, 2.75) is 33.3 Å². The zero-order chi connectivity index (χ0) is 22.5. The van der Waals surface area contributed by atoms with Crippen LogP contribution in [-0.4, -0.2) is 30.6 Å². The maximum atomic E-state index is 13.0. The minimum atomic E-state index is -0.823. The maximum absolute atomic E-state index is 13.0. The SMILES string of the molecule is CCOc1cccc(N2C(=O)NC(=O)/C(=C\c3ccc(O[C@@H](C)CC)c(Cl)c3)C2=O)c1. The van der Waals surface area contributed by atoms with E-state index in [0.29, 0.717) is 34.4 Å². The lowest BCUT2D eigenvalue weighted by Gasteiger charge is -2.26. The third kappa shape index (κ3) is 5.06. The summed E-state index contributed by atoms with van der Waals surface area (Å²) in [7, 11) is 0. The van der Waals surface area contributed by atoms with Crippen molar-refractivity contribution in [3.63, 3.8) is 0 Å². The third-order valence-corrected chi connectivity index (χ3v) is 4.95. The monoisotopic (exact) mass is 442 g/mol. The highest BCUT2D eigenvalue weighted by atomic mass is 35.5. The standard InChI is InChI=1S/C23H23ClN2O5/c1-4-14(3)31-20-10-9-15(12-19(20)24)11-18-21(27)25-23(29)26(22(18)28)16-7-6-8-17(13-16)30-5-2/h6-14H,4-5H2,1-3H3,(H,25,27,29)/b18-11+/t14-/m0/s1. The first-order valence-electron chi connectivity index (χ1n) is 9.94. The zero-order valence-corrected chi connectivity index (χ0v) is 18.2. The number of nitrogens with zero attached hydrogens (tertiary/aromatic N) is 1. The molecule has 1 aliphatic heterocycles. The third-order valence-electron chi connectivity index (χ3n) is 4.66. The Kier molecular flexibility index (Phi) is 6.97. The van der Waals surface area contributed by atoms with E-state index in [1.165, 1.54) is 6.08 Å². The van der Waals surface area contributed by atoms with E-state index >= 15 is 0 Å². The van der Waals surface area contributed by atoms with E-state index in [4.69, 9.17) is 21.1 Å². The molecule has 0 unspecified atom stereocenters. The molecule has 3 rings (SSSR count). The summed E-state index contributed by atoms with van der Waals surface area (Å²) in [4.78, 5) is 38.7. The summed E-state index contributed by atoms with van der Waals surface area (Å²) in [6.07, 6.45) is 2.22. The average molecular weight is 443 g/mol. The molecule has 0 aromatic heterocycles. The van der Waals surface area contributed by atoms with Crippen molar-refractivity contribution in [3.8, 4) is 11.5 Å². The second-order valence-corrected chi connectivity index (χ2v) is 7.32. The van der Waals surface area contributed by atoms with Gasteiger partial charge < -0.3 is 9.47 Å². The van der Waals surface area contributed by atoms with Gasteiger partial charge in [0.1, 0.15) is 17.1 Å². The number of rotatable bonds is 7. The Morgan fingerprint density at radius 3 is 2.58 bits per heavy atom. The summed E-state index contributed by atoms with van der Waals surface area (Å²) in [5, 5.41) is 2.56. The van der Waals surface area contributed by atoms with E-state index in [1.807, 2.05) is 20.8 Å². The number of imide groups is 2. The predicted octanol–water partition coefficient (Wildman–Crippen LogP) is 4.58.